The number of nitrogens with zero attached hydrogens (tertiary/aromatic N) is 3. The summed E-state index contributed by atoms with van der Waals surface area (Å²) in [4.78, 5) is 24.1. The number of likely N-dealkylation sites (tertiary alicyclic amines) is 1. The van der Waals surface area contributed by atoms with Crippen LogP contribution in [0.3, 0.4) is 0 Å². The Bertz CT molecular complexity index is 783. The van der Waals surface area contributed by atoms with E-state index in [9.17, 15) is 4.79 Å². The molecule has 0 N–H and O–H groups in total. The van der Waals surface area contributed by atoms with Crippen molar-refractivity contribution < 1.29 is 4.79 Å². The Hall–Kier alpha value is -1.88. The molecular formula is C21H27N3OS. The van der Waals surface area contributed by atoms with E-state index in [4.69, 9.17) is 0 Å². The number of hydrogen-bond donors (Lipinski definition) is 0. The zero-order chi connectivity index (χ0) is 18.7. The summed E-state index contributed by atoms with van der Waals surface area (Å²) in [7, 11) is 0. The van der Waals surface area contributed by atoms with Gasteiger partial charge in [-0.15, -0.1) is 0 Å². The molecule has 0 radical (unpaired) electrons. The van der Waals surface area contributed by atoms with Gasteiger partial charge in [0.25, 0.3) is 0 Å². The van der Waals surface area contributed by atoms with Gasteiger partial charge in [0.1, 0.15) is 0 Å². The number of aromatic nitrogens is 2. The molecule has 1 amide bonds. The van der Waals surface area contributed by atoms with Crippen molar-refractivity contribution >= 4 is 17.7 Å². The number of benzene rings is 1. The third-order valence-electron chi connectivity index (χ3n) is 5.29. The minimum Gasteiger partial charge on any atom is -0.336 e. The van der Waals surface area contributed by atoms with E-state index in [1.54, 1.807) is 11.8 Å². The van der Waals surface area contributed by atoms with Gasteiger partial charge < -0.3 is 4.90 Å². The van der Waals surface area contributed by atoms with Gasteiger partial charge in [-0.05, 0) is 63.0 Å². The highest BCUT2D eigenvalue weighted by atomic mass is 32.2. The summed E-state index contributed by atoms with van der Waals surface area (Å²) in [5.41, 5.74) is 5.66. The molecule has 4 nitrogen and oxygen atoms in total. The largest absolute Gasteiger partial charge is 0.336 e. The summed E-state index contributed by atoms with van der Waals surface area (Å²) in [6, 6.07) is 8.65. The Morgan fingerprint density at radius 3 is 2.54 bits per heavy atom. The number of carbonyl (C=O) groups is 1. The lowest BCUT2D eigenvalue weighted by Gasteiger charge is -2.26. The minimum absolute atomic E-state index is 0.223. The predicted molar refractivity (Wildman–Crippen MR) is 106 cm³/mol. The van der Waals surface area contributed by atoms with Crippen molar-refractivity contribution in [2.75, 3.05) is 12.8 Å². The molecule has 138 valence electrons. The smallest absolute Gasteiger partial charge is 0.223 e. The monoisotopic (exact) mass is 369 g/mol. The molecule has 1 aliphatic rings. The Morgan fingerprint density at radius 2 is 1.88 bits per heavy atom. The summed E-state index contributed by atoms with van der Waals surface area (Å²) in [6.45, 7) is 7.02. The molecule has 1 fully saturated rings. The number of amides is 1. The van der Waals surface area contributed by atoms with Crippen LogP contribution in [0.5, 0.6) is 0 Å². The molecule has 1 aliphatic heterocycles. The molecule has 0 bridgehead atoms. The van der Waals surface area contributed by atoms with Gasteiger partial charge in [0.2, 0.25) is 5.91 Å². The van der Waals surface area contributed by atoms with Crippen LogP contribution in [-0.4, -0.2) is 33.6 Å². The van der Waals surface area contributed by atoms with Crippen LogP contribution < -0.4 is 0 Å². The highest BCUT2D eigenvalue weighted by molar-refractivity contribution is 7.98. The van der Waals surface area contributed by atoms with Crippen LogP contribution >= 0.6 is 11.8 Å². The number of hydrogen-bond acceptors (Lipinski definition) is 4. The van der Waals surface area contributed by atoms with Crippen molar-refractivity contribution in [3.05, 3.63) is 52.3 Å². The highest BCUT2D eigenvalue weighted by Crippen LogP contribution is 2.34. The van der Waals surface area contributed by atoms with Gasteiger partial charge in [-0.25, -0.2) is 9.97 Å². The third-order valence-corrected chi connectivity index (χ3v) is 5.84. The summed E-state index contributed by atoms with van der Waals surface area (Å²) in [5.74, 6) is 0.239. The fourth-order valence-electron chi connectivity index (χ4n) is 3.89. The maximum Gasteiger partial charge on any atom is 0.223 e. The van der Waals surface area contributed by atoms with Crippen molar-refractivity contribution in [2.24, 2.45) is 0 Å². The second-order valence-electron chi connectivity index (χ2n) is 6.96. The summed E-state index contributed by atoms with van der Waals surface area (Å²) < 4.78 is 0. The molecule has 0 saturated carbocycles. The lowest BCUT2D eigenvalue weighted by Crippen LogP contribution is -2.31. The highest BCUT2D eigenvalue weighted by Gasteiger charge is 2.30. The topological polar surface area (TPSA) is 46.1 Å². The number of carbonyl (C=O) groups excluding carboxylic acids is 1. The SMILES string of the molecule is CSc1nc(C)c(CCC(=O)N2CCCC2c2ccccc2C)c(C)n1. The minimum atomic E-state index is 0.223. The van der Waals surface area contributed by atoms with E-state index < -0.39 is 0 Å². The van der Waals surface area contributed by atoms with Gasteiger partial charge in [-0.2, -0.15) is 0 Å². The standard InChI is InChI=1S/C21H27N3OS/c1-14-8-5-6-9-17(14)19-10-7-13-24(19)20(25)12-11-18-15(2)22-21(26-4)23-16(18)3/h5-6,8-9,19H,7,10-13H2,1-4H3. The van der Waals surface area contributed by atoms with E-state index in [-0.39, 0.29) is 11.9 Å². The zero-order valence-corrected chi connectivity index (χ0v) is 16.9. The van der Waals surface area contributed by atoms with Gasteiger partial charge in [-0.3, -0.25) is 4.79 Å². The van der Waals surface area contributed by atoms with Crippen LogP contribution in [0.4, 0.5) is 0 Å². The number of aryl methyl sites for hydroxylation is 3. The Kier molecular flexibility index (Phi) is 5.97. The van der Waals surface area contributed by atoms with E-state index in [0.29, 0.717) is 12.8 Å². The molecule has 1 aromatic carbocycles. The lowest BCUT2D eigenvalue weighted by atomic mass is 9.99. The van der Waals surface area contributed by atoms with Crippen LogP contribution in [0, 0.1) is 20.8 Å². The van der Waals surface area contributed by atoms with E-state index in [2.05, 4.69) is 46.1 Å². The molecular weight excluding hydrogens is 342 g/mol. The zero-order valence-electron chi connectivity index (χ0n) is 16.1. The van der Waals surface area contributed by atoms with Crippen LogP contribution in [0.1, 0.15) is 53.4 Å². The fourth-order valence-corrected chi connectivity index (χ4v) is 4.34. The Morgan fingerprint density at radius 1 is 1.19 bits per heavy atom. The summed E-state index contributed by atoms with van der Waals surface area (Å²) in [6.07, 6.45) is 5.35. The molecule has 1 saturated heterocycles. The molecule has 1 aromatic heterocycles. The average molecular weight is 370 g/mol. The van der Waals surface area contributed by atoms with E-state index in [1.807, 2.05) is 20.1 Å². The molecule has 1 atom stereocenters. The molecule has 3 rings (SSSR count). The first-order chi connectivity index (χ1) is 12.5. The molecule has 2 aromatic rings. The molecule has 2 heterocycles. The second kappa shape index (κ2) is 8.21. The van der Waals surface area contributed by atoms with Gasteiger partial charge in [0, 0.05) is 24.4 Å². The van der Waals surface area contributed by atoms with Crippen LogP contribution in [0.2, 0.25) is 0 Å². The van der Waals surface area contributed by atoms with Crippen LogP contribution in [0.15, 0.2) is 29.4 Å². The first-order valence-electron chi connectivity index (χ1n) is 9.24. The Balaban J connectivity index is 1.71. The summed E-state index contributed by atoms with van der Waals surface area (Å²) >= 11 is 1.55. The molecule has 0 spiro atoms. The molecule has 26 heavy (non-hydrogen) atoms. The average Bonchev–Trinajstić information content (AvgIpc) is 3.10. The predicted octanol–water partition coefficient (Wildman–Crippen LogP) is 4.42. The third kappa shape index (κ3) is 3.93. The second-order valence-corrected chi connectivity index (χ2v) is 7.73. The molecule has 5 heteroatoms. The summed E-state index contributed by atoms with van der Waals surface area (Å²) in [5, 5.41) is 0.800. The Labute approximate surface area is 160 Å². The molecule has 0 aliphatic carbocycles. The van der Waals surface area contributed by atoms with E-state index >= 15 is 0 Å². The maximum absolute atomic E-state index is 12.9. The van der Waals surface area contributed by atoms with Crippen molar-refractivity contribution in [1.82, 2.24) is 14.9 Å². The first-order valence-corrected chi connectivity index (χ1v) is 10.5. The number of rotatable bonds is 5. The van der Waals surface area contributed by atoms with E-state index in [1.165, 1.54) is 11.1 Å². The quantitative estimate of drug-likeness (QED) is 0.578. The van der Waals surface area contributed by atoms with Crippen LogP contribution in [0.25, 0.3) is 0 Å². The van der Waals surface area contributed by atoms with Crippen molar-refractivity contribution in [2.45, 2.75) is 57.7 Å². The first kappa shape index (κ1) is 18.9. The van der Waals surface area contributed by atoms with E-state index in [0.717, 1.165) is 41.5 Å². The number of thioether (sulfide) groups is 1. The van der Waals surface area contributed by atoms with Crippen LogP contribution in [-0.2, 0) is 11.2 Å². The van der Waals surface area contributed by atoms with Crippen molar-refractivity contribution in [3.8, 4) is 0 Å². The maximum atomic E-state index is 12.9. The van der Waals surface area contributed by atoms with Gasteiger partial charge >= 0.3 is 0 Å². The van der Waals surface area contributed by atoms with Gasteiger partial charge in [0.15, 0.2) is 5.16 Å². The van der Waals surface area contributed by atoms with Gasteiger partial charge in [0.05, 0.1) is 6.04 Å². The van der Waals surface area contributed by atoms with Crippen molar-refractivity contribution in [3.63, 3.8) is 0 Å². The van der Waals surface area contributed by atoms with Crippen molar-refractivity contribution in [1.29, 1.82) is 0 Å². The van der Waals surface area contributed by atoms with Gasteiger partial charge in [-0.1, -0.05) is 36.0 Å². The normalized spacial score (nSPS) is 16.9. The molecule has 1 unspecified atom stereocenters. The lowest BCUT2D eigenvalue weighted by molar-refractivity contribution is -0.132. The fraction of sp³-hybridized carbons (Fsp3) is 0.476.